The largest absolute Gasteiger partial charge is 0.418 e. The number of hydrogen-bond donors (Lipinski definition) is 1. The molecule has 9 heteroatoms. The lowest BCUT2D eigenvalue weighted by molar-refractivity contribution is -0.136. The Labute approximate surface area is 217 Å². The molecule has 0 aliphatic carbocycles. The van der Waals surface area contributed by atoms with Crippen molar-refractivity contribution in [1.29, 1.82) is 0 Å². The summed E-state index contributed by atoms with van der Waals surface area (Å²) >= 11 is 0. The Morgan fingerprint density at radius 2 is 1.68 bits per heavy atom. The molecule has 1 fully saturated rings. The second-order valence-corrected chi connectivity index (χ2v) is 8.96. The Bertz CT molecular complexity index is 1480. The Kier molecular flexibility index (Phi) is 7.22. The Morgan fingerprint density at radius 3 is 2.42 bits per heavy atom. The SMILES string of the molecule is O=C(CN1CCOCC1)Nc1cccc(-c2c(C(=O)c3ccccc3)cnc3c(C(F)(F)F)cccc23)c1. The fourth-order valence-electron chi connectivity index (χ4n) is 4.60. The van der Waals surface area contributed by atoms with Gasteiger partial charge in [-0.15, -0.1) is 0 Å². The third-order valence-electron chi connectivity index (χ3n) is 6.39. The van der Waals surface area contributed by atoms with Gasteiger partial charge in [-0.2, -0.15) is 13.2 Å². The second-order valence-electron chi connectivity index (χ2n) is 8.96. The topological polar surface area (TPSA) is 71.5 Å². The monoisotopic (exact) mass is 519 g/mol. The van der Waals surface area contributed by atoms with Gasteiger partial charge in [0.2, 0.25) is 5.91 Å². The fourth-order valence-corrected chi connectivity index (χ4v) is 4.60. The molecule has 4 aromatic rings. The number of nitrogens with one attached hydrogen (secondary N) is 1. The van der Waals surface area contributed by atoms with Crippen molar-refractivity contribution in [3.63, 3.8) is 0 Å². The number of ketones is 1. The maximum Gasteiger partial charge on any atom is 0.418 e. The van der Waals surface area contributed by atoms with Crippen LogP contribution in [-0.4, -0.2) is 54.4 Å². The van der Waals surface area contributed by atoms with Crippen LogP contribution in [-0.2, 0) is 15.7 Å². The van der Waals surface area contributed by atoms with Crippen molar-refractivity contribution >= 4 is 28.3 Å². The van der Waals surface area contributed by atoms with E-state index in [1.54, 1.807) is 54.6 Å². The number of carbonyl (C=O) groups excluding carboxylic acids is 2. The molecule has 0 unspecified atom stereocenters. The highest BCUT2D eigenvalue weighted by molar-refractivity contribution is 6.17. The highest BCUT2D eigenvalue weighted by atomic mass is 19.4. The number of hydrogen-bond acceptors (Lipinski definition) is 5. The van der Waals surface area contributed by atoms with E-state index in [-0.39, 0.29) is 34.7 Å². The van der Waals surface area contributed by atoms with Gasteiger partial charge in [0.1, 0.15) is 0 Å². The number of halogens is 3. The van der Waals surface area contributed by atoms with Crippen molar-refractivity contribution in [2.45, 2.75) is 6.18 Å². The Morgan fingerprint density at radius 1 is 0.947 bits per heavy atom. The molecule has 1 saturated heterocycles. The van der Waals surface area contributed by atoms with Crippen LogP contribution < -0.4 is 5.32 Å². The number of fused-ring (bicyclic) bond motifs is 1. The van der Waals surface area contributed by atoms with Crippen molar-refractivity contribution in [3.8, 4) is 11.1 Å². The van der Waals surface area contributed by atoms with Crippen LogP contribution in [0.25, 0.3) is 22.0 Å². The number of carbonyl (C=O) groups is 2. The number of rotatable bonds is 6. The lowest BCUT2D eigenvalue weighted by Crippen LogP contribution is -2.41. The maximum atomic E-state index is 13.8. The summed E-state index contributed by atoms with van der Waals surface area (Å²) in [6, 6.07) is 19.0. The first-order chi connectivity index (χ1) is 18.3. The van der Waals surface area contributed by atoms with E-state index in [0.29, 0.717) is 48.7 Å². The third-order valence-corrected chi connectivity index (χ3v) is 6.39. The molecular formula is C29H24F3N3O3. The standard InChI is InChI=1S/C29H24F3N3O3/c30-29(31,32)24-11-5-10-22-26(23(17-33-27(22)24)28(37)19-6-2-1-3-7-19)20-8-4-9-21(16-20)34-25(36)18-35-12-14-38-15-13-35/h1-11,16-17H,12-15,18H2,(H,34,36). The van der Waals surface area contributed by atoms with Crippen LogP contribution in [0.1, 0.15) is 21.5 Å². The van der Waals surface area contributed by atoms with Gasteiger partial charge < -0.3 is 10.1 Å². The first-order valence-electron chi connectivity index (χ1n) is 12.1. The van der Waals surface area contributed by atoms with Crippen molar-refractivity contribution in [3.05, 3.63) is 95.7 Å². The minimum atomic E-state index is -4.62. The van der Waals surface area contributed by atoms with Crippen molar-refractivity contribution in [2.75, 3.05) is 38.2 Å². The van der Waals surface area contributed by atoms with Gasteiger partial charge >= 0.3 is 6.18 Å². The van der Waals surface area contributed by atoms with E-state index >= 15 is 0 Å². The third kappa shape index (κ3) is 5.44. The number of para-hydroxylation sites is 1. The maximum absolute atomic E-state index is 13.8. The molecule has 0 bridgehead atoms. The highest BCUT2D eigenvalue weighted by Gasteiger charge is 2.34. The van der Waals surface area contributed by atoms with Gasteiger partial charge in [-0.1, -0.05) is 54.6 Å². The normalized spacial score (nSPS) is 14.4. The van der Waals surface area contributed by atoms with Gasteiger partial charge in [-0.25, -0.2) is 0 Å². The molecule has 0 radical (unpaired) electrons. The summed E-state index contributed by atoms with van der Waals surface area (Å²) in [5.41, 5.74) is 0.693. The van der Waals surface area contributed by atoms with Crippen molar-refractivity contribution in [1.82, 2.24) is 9.88 Å². The van der Waals surface area contributed by atoms with Crippen LogP contribution in [0.5, 0.6) is 0 Å². The Balaban J connectivity index is 1.59. The quantitative estimate of drug-likeness (QED) is 0.345. The van der Waals surface area contributed by atoms with Crippen molar-refractivity contribution < 1.29 is 27.5 Å². The Hall–Kier alpha value is -4.08. The molecule has 194 valence electrons. The van der Waals surface area contributed by atoms with E-state index in [0.717, 1.165) is 6.07 Å². The number of amides is 1. The summed E-state index contributed by atoms with van der Waals surface area (Å²) in [4.78, 5) is 32.2. The van der Waals surface area contributed by atoms with Crippen LogP contribution in [0.3, 0.4) is 0 Å². The summed E-state index contributed by atoms with van der Waals surface area (Å²) in [6.45, 7) is 2.64. The molecule has 0 atom stereocenters. The van der Waals surface area contributed by atoms with Gasteiger partial charge in [-0.3, -0.25) is 19.5 Å². The molecule has 6 nitrogen and oxygen atoms in total. The number of alkyl halides is 3. The van der Waals surface area contributed by atoms with Gasteiger partial charge in [0.15, 0.2) is 5.78 Å². The molecule has 1 aromatic heterocycles. The van der Waals surface area contributed by atoms with Gasteiger partial charge in [0.25, 0.3) is 0 Å². The van der Waals surface area contributed by atoms with Crippen LogP contribution in [0.4, 0.5) is 18.9 Å². The summed E-state index contributed by atoms with van der Waals surface area (Å²) in [7, 11) is 0. The summed E-state index contributed by atoms with van der Waals surface area (Å²) < 4.78 is 46.7. The fraction of sp³-hybridized carbons (Fsp3) is 0.207. The van der Waals surface area contributed by atoms with Crippen LogP contribution in [0.15, 0.2) is 79.0 Å². The molecule has 1 N–H and O–H groups in total. The molecule has 3 aromatic carbocycles. The number of aromatic nitrogens is 1. The number of nitrogens with zero attached hydrogens (tertiary/aromatic N) is 2. The second kappa shape index (κ2) is 10.7. The first-order valence-corrected chi connectivity index (χ1v) is 12.1. The molecule has 2 heterocycles. The number of morpholine rings is 1. The number of pyridine rings is 1. The van der Waals surface area contributed by atoms with Crippen molar-refractivity contribution in [2.24, 2.45) is 0 Å². The van der Waals surface area contributed by atoms with E-state index in [9.17, 15) is 22.8 Å². The first kappa shape index (κ1) is 25.6. The van der Waals surface area contributed by atoms with Crippen LogP contribution in [0.2, 0.25) is 0 Å². The smallest absolute Gasteiger partial charge is 0.379 e. The van der Waals surface area contributed by atoms with Crippen LogP contribution >= 0.6 is 0 Å². The predicted octanol–water partition coefficient (Wildman–Crippen LogP) is 5.42. The van der Waals surface area contributed by atoms with E-state index in [4.69, 9.17) is 4.74 Å². The minimum Gasteiger partial charge on any atom is -0.379 e. The zero-order chi connectivity index (χ0) is 26.7. The number of benzene rings is 3. The van der Waals surface area contributed by atoms with E-state index in [2.05, 4.69) is 10.3 Å². The summed E-state index contributed by atoms with van der Waals surface area (Å²) in [5, 5.41) is 3.05. The molecular weight excluding hydrogens is 495 g/mol. The number of ether oxygens (including phenoxy) is 1. The molecule has 38 heavy (non-hydrogen) atoms. The van der Waals surface area contributed by atoms with Gasteiger partial charge in [0.05, 0.1) is 30.8 Å². The van der Waals surface area contributed by atoms with E-state index < -0.39 is 11.7 Å². The molecule has 0 spiro atoms. The zero-order valence-electron chi connectivity index (χ0n) is 20.3. The highest BCUT2D eigenvalue weighted by Crippen LogP contribution is 2.39. The summed E-state index contributed by atoms with van der Waals surface area (Å²) in [5.74, 6) is -0.585. The minimum absolute atomic E-state index is 0.166. The van der Waals surface area contributed by atoms with Gasteiger partial charge in [-0.05, 0) is 23.8 Å². The average molecular weight is 520 g/mol. The van der Waals surface area contributed by atoms with Gasteiger partial charge in [0, 0.05) is 47.1 Å². The molecule has 1 aliphatic rings. The lowest BCUT2D eigenvalue weighted by Gasteiger charge is -2.25. The van der Waals surface area contributed by atoms with E-state index in [1.165, 1.54) is 18.3 Å². The predicted molar refractivity (Wildman–Crippen MR) is 138 cm³/mol. The summed E-state index contributed by atoms with van der Waals surface area (Å²) in [6.07, 6.45) is -3.42. The number of anilines is 1. The molecule has 0 saturated carbocycles. The average Bonchev–Trinajstić information content (AvgIpc) is 2.92. The lowest BCUT2D eigenvalue weighted by atomic mass is 9.91. The molecule has 1 amide bonds. The van der Waals surface area contributed by atoms with E-state index in [1.807, 2.05) is 4.90 Å². The zero-order valence-corrected chi connectivity index (χ0v) is 20.3. The molecule has 1 aliphatic heterocycles. The molecule has 5 rings (SSSR count). The van der Waals surface area contributed by atoms with Crippen LogP contribution in [0, 0.1) is 0 Å².